The lowest BCUT2D eigenvalue weighted by Crippen LogP contribution is -2.40. The number of rotatable bonds is 7. The van der Waals surface area contributed by atoms with Crippen molar-refractivity contribution in [2.24, 2.45) is 0 Å². The normalized spacial score (nSPS) is 10.5. The van der Waals surface area contributed by atoms with Crippen LogP contribution in [0.15, 0.2) is 24.3 Å². The number of nitrogens with zero attached hydrogens (tertiary/aromatic N) is 1. The van der Waals surface area contributed by atoms with E-state index in [4.69, 9.17) is 0 Å². The highest BCUT2D eigenvalue weighted by Crippen LogP contribution is 2.04. The first-order chi connectivity index (χ1) is 10.0. The van der Waals surface area contributed by atoms with E-state index in [1.807, 2.05) is 43.3 Å². The smallest absolute Gasteiger partial charge is 0.309 e. The van der Waals surface area contributed by atoms with Crippen molar-refractivity contribution in [3.8, 4) is 0 Å². The minimum absolute atomic E-state index is 0.369. The van der Waals surface area contributed by atoms with Crippen LogP contribution in [0.5, 0.6) is 0 Å². The van der Waals surface area contributed by atoms with E-state index in [0.29, 0.717) is 13.1 Å². The van der Waals surface area contributed by atoms with Crippen molar-refractivity contribution < 1.29 is 9.59 Å². The van der Waals surface area contributed by atoms with Gasteiger partial charge in [-0.3, -0.25) is 9.59 Å². The quantitative estimate of drug-likeness (QED) is 0.580. The van der Waals surface area contributed by atoms with Gasteiger partial charge in [0.15, 0.2) is 0 Å². The first-order valence-electron chi connectivity index (χ1n) is 7.31. The number of benzene rings is 1. The lowest BCUT2D eigenvalue weighted by atomic mass is 10.1. The van der Waals surface area contributed by atoms with Gasteiger partial charge in [-0.2, -0.15) is 0 Å². The van der Waals surface area contributed by atoms with Crippen LogP contribution in [0.4, 0.5) is 0 Å². The van der Waals surface area contributed by atoms with Crippen LogP contribution in [0.25, 0.3) is 0 Å². The van der Waals surface area contributed by atoms with Crippen molar-refractivity contribution in [1.82, 2.24) is 15.5 Å². The van der Waals surface area contributed by atoms with Crippen molar-refractivity contribution in [2.75, 3.05) is 27.2 Å². The molecule has 5 nitrogen and oxygen atoms in total. The van der Waals surface area contributed by atoms with E-state index in [1.165, 1.54) is 5.56 Å². The summed E-state index contributed by atoms with van der Waals surface area (Å²) in [6.45, 7) is 3.85. The lowest BCUT2D eigenvalue weighted by Gasteiger charge is -2.10. The molecule has 0 saturated heterocycles. The molecule has 0 aliphatic heterocycles. The van der Waals surface area contributed by atoms with Crippen molar-refractivity contribution in [3.63, 3.8) is 0 Å². The second kappa shape index (κ2) is 9.13. The maximum absolute atomic E-state index is 11.6. The van der Waals surface area contributed by atoms with Gasteiger partial charge >= 0.3 is 11.8 Å². The molecule has 0 unspecified atom stereocenters. The van der Waals surface area contributed by atoms with Crippen LogP contribution in [0.2, 0.25) is 0 Å². The Bertz CT molecular complexity index is 455. The summed E-state index contributed by atoms with van der Waals surface area (Å²) in [6.07, 6.45) is 1.81. The van der Waals surface area contributed by atoms with Crippen LogP contribution < -0.4 is 10.6 Å². The summed E-state index contributed by atoms with van der Waals surface area (Å²) in [5, 5.41) is 5.24. The Labute approximate surface area is 126 Å². The SMILES string of the molecule is CCc1ccc(CNC(=O)C(=O)NCCCN(C)C)cc1. The standard InChI is InChI=1S/C16H25N3O2/c1-4-13-6-8-14(9-7-13)12-18-16(21)15(20)17-10-5-11-19(2)3/h6-9H,4-5,10-12H2,1-3H3,(H,17,20)(H,18,21). The number of carbonyl (C=O) groups excluding carboxylic acids is 2. The van der Waals surface area contributed by atoms with Crippen molar-refractivity contribution >= 4 is 11.8 Å². The van der Waals surface area contributed by atoms with E-state index < -0.39 is 11.8 Å². The van der Waals surface area contributed by atoms with Crippen LogP contribution in [0.1, 0.15) is 24.5 Å². The van der Waals surface area contributed by atoms with E-state index in [2.05, 4.69) is 17.6 Å². The molecule has 21 heavy (non-hydrogen) atoms. The third-order valence-corrected chi connectivity index (χ3v) is 3.16. The van der Waals surface area contributed by atoms with Gasteiger partial charge < -0.3 is 15.5 Å². The fourth-order valence-electron chi connectivity index (χ4n) is 1.83. The summed E-state index contributed by atoms with van der Waals surface area (Å²) >= 11 is 0. The highest BCUT2D eigenvalue weighted by molar-refractivity contribution is 6.35. The van der Waals surface area contributed by atoms with E-state index >= 15 is 0 Å². The van der Waals surface area contributed by atoms with Crippen LogP contribution in [-0.4, -0.2) is 43.9 Å². The molecule has 2 amide bonds. The van der Waals surface area contributed by atoms with Gasteiger partial charge in [0.05, 0.1) is 0 Å². The summed E-state index contributed by atoms with van der Waals surface area (Å²) in [4.78, 5) is 25.2. The van der Waals surface area contributed by atoms with Gasteiger partial charge in [0.2, 0.25) is 0 Å². The Morgan fingerprint density at radius 2 is 1.57 bits per heavy atom. The van der Waals surface area contributed by atoms with Gasteiger partial charge in [-0.05, 0) is 44.6 Å². The van der Waals surface area contributed by atoms with Crippen LogP contribution >= 0.6 is 0 Å². The Balaban J connectivity index is 2.27. The maximum Gasteiger partial charge on any atom is 0.309 e. The average Bonchev–Trinajstić information content (AvgIpc) is 2.49. The van der Waals surface area contributed by atoms with Gasteiger partial charge in [0.1, 0.15) is 0 Å². The van der Waals surface area contributed by atoms with Gasteiger partial charge in [0, 0.05) is 13.1 Å². The number of hydrogen-bond donors (Lipinski definition) is 2. The van der Waals surface area contributed by atoms with Crippen molar-refractivity contribution in [2.45, 2.75) is 26.3 Å². The highest BCUT2D eigenvalue weighted by atomic mass is 16.2. The number of nitrogens with one attached hydrogen (secondary N) is 2. The zero-order valence-corrected chi connectivity index (χ0v) is 13.1. The number of aryl methyl sites for hydroxylation is 1. The zero-order chi connectivity index (χ0) is 15.7. The summed E-state index contributed by atoms with van der Waals surface area (Å²) in [7, 11) is 3.94. The molecular formula is C16H25N3O2. The molecular weight excluding hydrogens is 266 g/mol. The minimum atomic E-state index is -0.584. The van der Waals surface area contributed by atoms with Crippen molar-refractivity contribution in [1.29, 1.82) is 0 Å². The van der Waals surface area contributed by atoms with Gasteiger partial charge in [-0.1, -0.05) is 31.2 Å². The highest BCUT2D eigenvalue weighted by Gasteiger charge is 2.11. The number of amides is 2. The first-order valence-corrected chi connectivity index (χ1v) is 7.31. The number of carbonyl (C=O) groups is 2. The fourth-order valence-corrected chi connectivity index (χ4v) is 1.83. The van der Waals surface area contributed by atoms with E-state index in [9.17, 15) is 9.59 Å². The first kappa shape index (κ1) is 17.2. The third-order valence-electron chi connectivity index (χ3n) is 3.16. The van der Waals surface area contributed by atoms with Crippen molar-refractivity contribution in [3.05, 3.63) is 35.4 Å². The second-order valence-corrected chi connectivity index (χ2v) is 5.27. The Morgan fingerprint density at radius 3 is 2.14 bits per heavy atom. The van der Waals surface area contributed by atoms with Crippen LogP contribution in [-0.2, 0) is 22.6 Å². The van der Waals surface area contributed by atoms with Crippen LogP contribution in [0.3, 0.4) is 0 Å². The molecule has 2 N–H and O–H groups in total. The Morgan fingerprint density at radius 1 is 1.00 bits per heavy atom. The van der Waals surface area contributed by atoms with Crippen LogP contribution in [0, 0.1) is 0 Å². The summed E-state index contributed by atoms with van der Waals surface area (Å²) in [5.74, 6) is -1.15. The van der Waals surface area contributed by atoms with E-state index in [0.717, 1.165) is 24.9 Å². The maximum atomic E-state index is 11.6. The summed E-state index contributed by atoms with van der Waals surface area (Å²) in [5.41, 5.74) is 2.24. The molecule has 0 aliphatic rings. The Kier molecular flexibility index (Phi) is 7.46. The number of hydrogen-bond acceptors (Lipinski definition) is 3. The van der Waals surface area contributed by atoms with Gasteiger partial charge in [-0.15, -0.1) is 0 Å². The minimum Gasteiger partial charge on any atom is -0.348 e. The zero-order valence-electron chi connectivity index (χ0n) is 13.1. The summed E-state index contributed by atoms with van der Waals surface area (Å²) < 4.78 is 0. The predicted molar refractivity (Wildman–Crippen MR) is 83.8 cm³/mol. The molecule has 0 aliphatic carbocycles. The topological polar surface area (TPSA) is 61.4 Å². The lowest BCUT2D eigenvalue weighted by molar-refractivity contribution is -0.139. The molecule has 0 heterocycles. The monoisotopic (exact) mass is 291 g/mol. The predicted octanol–water partition coefficient (Wildman–Crippen LogP) is 0.933. The van der Waals surface area contributed by atoms with E-state index in [-0.39, 0.29) is 0 Å². The summed E-state index contributed by atoms with van der Waals surface area (Å²) in [6, 6.07) is 7.99. The molecule has 0 aromatic heterocycles. The largest absolute Gasteiger partial charge is 0.348 e. The molecule has 0 spiro atoms. The molecule has 0 fully saturated rings. The molecule has 5 heteroatoms. The van der Waals surface area contributed by atoms with Gasteiger partial charge in [0.25, 0.3) is 0 Å². The Hall–Kier alpha value is -1.88. The molecule has 0 radical (unpaired) electrons. The van der Waals surface area contributed by atoms with Gasteiger partial charge in [-0.25, -0.2) is 0 Å². The molecule has 0 atom stereocenters. The molecule has 1 aromatic carbocycles. The molecule has 0 saturated carbocycles. The fraction of sp³-hybridized carbons (Fsp3) is 0.500. The molecule has 1 aromatic rings. The van der Waals surface area contributed by atoms with E-state index in [1.54, 1.807) is 0 Å². The second-order valence-electron chi connectivity index (χ2n) is 5.27. The molecule has 1 rings (SSSR count). The molecule has 0 bridgehead atoms. The third kappa shape index (κ3) is 6.90. The molecule has 116 valence electrons. The average molecular weight is 291 g/mol.